The van der Waals surface area contributed by atoms with E-state index >= 15 is 0 Å². The maximum absolute atomic E-state index is 12.8. The molecular formula is C21H19F3N4O2. The number of pyridine rings is 1. The van der Waals surface area contributed by atoms with E-state index in [0.29, 0.717) is 13.1 Å². The normalized spacial score (nSPS) is 14.4. The summed E-state index contributed by atoms with van der Waals surface area (Å²) in [7, 11) is 1.61. The quantitative estimate of drug-likeness (QED) is 0.706. The Morgan fingerprint density at radius 1 is 1.23 bits per heavy atom. The van der Waals surface area contributed by atoms with Crippen LogP contribution in [0.4, 0.5) is 13.2 Å². The van der Waals surface area contributed by atoms with Gasteiger partial charge in [0.15, 0.2) is 0 Å². The summed E-state index contributed by atoms with van der Waals surface area (Å²) in [6.07, 6.45) is -2.61. The molecule has 0 bridgehead atoms. The first kappa shape index (κ1) is 20.1. The van der Waals surface area contributed by atoms with Gasteiger partial charge in [-0.1, -0.05) is 18.2 Å². The van der Waals surface area contributed by atoms with Gasteiger partial charge in [-0.2, -0.15) is 13.2 Å². The lowest BCUT2D eigenvalue weighted by atomic mass is 10.1. The summed E-state index contributed by atoms with van der Waals surface area (Å²) >= 11 is 0. The van der Waals surface area contributed by atoms with E-state index in [0.717, 1.165) is 22.6 Å². The number of benzene rings is 1. The molecule has 0 unspecified atom stereocenters. The van der Waals surface area contributed by atoms with Crippen LogP contribution in [0.25, 0.3) is 11.3 Å². The molecule has 3 heterocycles. The molecule has 1 aliphatic rings. The van der Waals surface area contributed by atoms with E-state index in [-0.39, 0.29) is 24.2 Å². The number of methoxy groups -OCH3 is 1. The van der Waals surface area contributed by atoms with Crippen molar-refractivity contribution in [2.75, 3.05) is 13.7 Å². The van der Waals surface area contributed by atoms with Gasteiger partial charge in [-0.3, -0.25) is 14.7 Å². The lowest BCUT2D eigenvalue weighted by Crippen LogP contribution is -2.36. The Bertz CT molecular complexity index is 1110. The Kier molecular flexibility index (Phi) is 5.29. The Labute approximate surface area is 170 Å². The smallest absolute Gasteiger partial charge is 0.449 e. The summed E-state index contributed by atoms with van der Waals surface area (Å²) in [4.78, 5) is 24.1. The molecule has 1 N–H and O–H groups in total. The zero-order valence-electron chi connectivity index (χ0n) is 16.2. The fourth-order valence-corrected chi connectivity index (χ4v) is 3.48. The topological polar surface area (TPSA) is 71.1 Å². The molecule has 1 aliphatic heterocycles. The molecule has 6 nitrogen and oxygen atoms in total. The summed E-state index contributed by atoms with van der Waals surface area (Å²) in [5.41, 5.74) is 2.46. The number of nitrogens with one attached hydrogen (secondary N) is 1. The lowest BCUT2D eigenvalue weighted by molar-refractivity contribution is -0.145. The molecule has 0 radical (unpaired) electrons. The molecule has 0 spiro atoms. The molecule has 0 atom stereocenters. The highest BCUT2D eigenvalue weighted by Crippen LogP contribution is 2.27. The number of aromatic amines is 1. The molecule has 0 aliphatic carbocycles. The molecule has 0 saturated carbocycles. The molecule has 0 fully saturated rings. The Balaban J connectivity index is 1.48. The number of H-pyrrole nitrogens is 1. The van der Waals surface area contributed by atoms with Crippen LogP contribution in [0.1, 0.15) is 22.6 Å². The average molecular weight is 416 g/mol. The third-order valence-corrected chi connectivity index (χ3v) is 5.01. The first-order valence-electron chi connectivity index (χ1n) is 9.34. The van der Waals surface area contributed by atoms with E-state index in [2.05, 4.69) is 9.97 Å². The van der Waals surface area contributed by atoms with Crippen LogP contribution in [0.3, 0.4) is 0 Å². The molecule has 0 saturated heterocycles. The van der Waals surface area contributed by atoms with Crippen LogP contribution in [-0.2, 0) is 25.7 Å². The summed E-state index contributed by atoms with van der Waals surface area (Å²) in [5, 5.41) is 0. The minimum atomic E-state index is -4.67. The van der Waals surface area contributed by atoms with Crippen molar-refractivity contribution < 1.29 is 17.9 Å². The van der Waals surface area contributed by atoms with Crippen molar-refractivity contribution in [2.45, 2.75) is 25.7 Å². The van der Waals surface area contributed by atoms with Crippen LogP contribution in [0.15, 0.2) is 47.4 Å². The van der Waals surface area contributed by atoms with Crippen LogP contribution in [-0.4, -0.2) is 33.5 Å². The molecule has 2 aromatic heterocycles. The highest BCUT2D eigenvalue weighted by atomic mass is 19.4. The number of hydrogen-bond donors (Lipinski definition) is 1. The van der Waals surface area contributed by atoms with Gasteiger partial charge in [-0.25, -0.2) is 4.98 Å². The van der Waals surface area contributed by atoms with Gasteiger partial charge in [0.2, 0.25) is 5.82 Å². The SMILES string of the molecule is COc1cccc(-c2ccc(CN3CCc4nc(C(F)(F)F)[nH]c(=O)c4C3)cn2)c1. The molecule has 4 rings (SSSR count). The van der Waals surface area contributed by atoms with Crippen molar-refractivity contribution in [1.82, 2.24) is 19.9 Å². The Hall–Kier alpha value is -3.20. The standard InChI is InChI=1S/C21H19F3N4O2/c1-30-15-4-2-3-14(9-15)17-6-5-13(10-25-17)11-28-8-7-18-16(12-28)19(29)27-20(26-18)21(22,23)24/h2-6,9-10H,7-8,11-12H2,1H3,(H,26,27,29). The van der Waals surface area contributed by atoms with Crippen molar-refractivity contribution in [1.29, 1.82) is 0 Å². The van der Waals surface area contributed by atoms with Gasteiger partial charge in [0.25, 0.3) is 5.56 Å². The van der Waals surface area contributed by atoms with E-state index in [1.165, 1.54) is 0 Å². The minimum absolute atomic E-state index is 0.217. The van der Waals surface area contributed by atoms with Gasteiger partial charge < -0.3 is 9.72 Å². The predicted molar refractivity (Wildman–Crippen MR) is 104 cm³/mol. The largest absolute Gasteiger partial charge is 0.497 e. The predicted octanol–water partition coefficient (Wildman–Crippen LogP) is 3.42. The van der Waals surface area contributed by atoms with Crippen LogP contribution in [0.5, 0.6) is 5.75 Å². The summed E-state index contributed by atoms with van der Waals surface area (Å²) in [5.74, 6) is -0.491. The molecule has 30 heavy (non-hydrogen) atoms. The number of aromatic nitrogens is 3. The molecular weight excluding hydrogens is 397 g/mol. The second-order valence-electron chi connectivity index (χ2n) is 7.08. The number of nitrogens with zero attached hydrogens (tertiary/aromatic N) is 3. The van der Waals surface area contributed by atoms with Gasteiger partial charge in [-0.05, 0) is 23.8 Å². The zero-order chi connectivity index (χ0) is 21.3. The average Bonchev–Trinajstić information content (AvgIpc) is 2.74. The first-order chi connectivity index (χ1) is 14.3. The van der Waals surface area contributed by atoms with Crippen LogP contribution >= 0.6 is 0 Å². The molecule has 9 heteroatoms. The molecule has 3 aromatic rings. The van der Waals surface area contributed by atoms with Gasteiger partial charge in [0.05, 0.1) is 24.1 Å². The highest BCUT2D eigenvalue weighted by Gasteiger charge is 2.35. The minimum Gasteiger partial charge on any atom is -0.497 e. The Morgan fingerprint density at radius 3 is 2.77 bits per heavy atom. The van der Waals surface area contributed by atoms with Crippen molar-refractivity contribution in [3.63, 3.8) is 0 Å². The van der Waals surface area contributed by atoms with Crippen molar-refractivity contribution in [3.8, 4) is 17.0 Å². The molecule has 1 aromatic carbocycles. The summed E-state index contributed by atoms with van der Waals surface area (Å²) < 4.78 is 43.8. The van der Waals surface area contributed by atoms with E-state index in [1.807, 2.05) is 46.3 Å². The third-order valence-electron chi connectivity index (χ3n) is 5.01. The van der Waals surface area contributed by atoms with Gasteiger partial charge in [0, 0.05) is 37.8 Å². The zero-order valence-corrected chi connectivity index (χ0v) is 16.2. The van der Waals surface area contributed by atoms with Gasteiger partial charge in [0.1, 0.15) is 5.75 Å². The number of fused-ring (bicyclic) bond motifs is 1. The van der Waals surface area contributed by atoms with E-state index in [4.69, 9.17) is 4.74 Å². The third kappa shape index (κ3) is 4.20. The summed E-state index contributed by atoms with van der Waals surface area (Å²) in [6, 6.07) is 11.5. The number of halogens is 3. The van der Waals surface area contributed by atoms with Gasteiger partial charge in [-0.15, -0.1) is 0 Å². The highest BCUT2D eigenvalue weighted by molar-refractivity contribution is 5.61. The van der Waals surface area contributed by atoms with E-state index in [1.54, 1.807) is 13.3 Å². The van der Waals surface area contributed by atoms with Gasteiger partial charge >= 0.3 is 6.18 Å². The fraction of sp³-hybridized carbons (Fsp3) is 0.286. The second-order valence-corrected chi connectivity index (χ2v) is 7.08. The number of hydrogen-bond acceptors (Lipinski definition) is 5. The van der Waals surface area contributed by atoms with Crippen LogP contribution < -0.4 is 10.3 Å². The number of ether oxygens (including phenoxy) is 1. The van der Waals surface area contributed by atoms with Crippen LogP contribution in [0.2, 0.25) is 0 Å². The molecule has 0 amide bonds. The maximum Gasteiger partial charge on any atom is 0.449 e. The summed E-state index contributed by atoms with van der Waals surface area (Å²) in [6.45, 7) is 1.29. The van der Waals surface area contributed by atoms with Crippen LogP contribution in [0, 0.1) is 0 Å². The van der Waals surface area contributed by atoms with E-state index < -0.39 is 17.6 Å². The van der Waals surface area contributed by atoms with Crippen molar-refractivity contribution >= 4 is 0 Å². The fourth-order valence-electron chi connectivity index (χ4n) is 3.48. The monoisotopic (exact) mass is 416 g/mol. The molecule has 156 valence electrons. The van der Waals surface area contributed by atoms with Crippen molar-refractivity contribution in [3.05, 3.63) is 75.6 Å². The first-order valence-corrected chi connectivity index (χ1v) is 9.34. The lowest BCUT2D eigenvalue weighted by Gasteiger charge is -2.27. The second kappa shape index (κ2) is 7.91. The maximum atomic E-state index is 12.8. The Morgan fingerprint density at radius 2 is 2.07 bits per heavy atom. The van der Waals surface area contributed by atoms with E-state index in [9.17, 15) is 18.0 Å². The van der Waals surface area contributed by atoms with Crippen molar-refractivity contribution in [2.24, 2.45) is 0 Å². The number of alkyl halides is 3. The number of rotatable bonds is 4.